The SMILES string of the molecule is COc1ccc(OC(=O)NC(=N)c2ccc(CN(C(=O)O)C(=O)OC(C)(C)C)cc2)cc1. The van der Waals surface area contributed by atoms with Gasteiger partial charge < -0.3 is 19.3 Å². The first-order chi connectivity index (χ1) is 15.0. The summed E-state index contributed by atoms with van der Waals surface area (Å²) in [5, 5.41) is 19.7. The van der Waals surface area contributed by atoms with E-state index < -0.39 is 23.9 Å². The maximum Gasteiger partial charge on any atom is 0.420 e. The number of carbonyl (C=O) groups excluding carboxylic acids is 2. The molecule has 0 fully saturated rings. The van der Waals surface area contributed by atoms with Crippen LogP contribution in [-0.2, 0) is 11.3 Å². The Hall–Kier alpha value is -4.08. The number of amides is 3. The van der Waals surface area contributed by atoms with Gasteiger partial charge in [0.2, 0.25) is 0 Å². The van der Waals surface area contributed by atoms with Crippen molar-refractivity contribution >= 4 is 24.1 Å². The lowest BCUT2D eigenvalue weighted by atomic mass is 10.1. The van der Waals surface area contributed by atoms with Crippen LogP contribution >= 0.6 is 0 Å². The van der Waals surface area contributed by atoms with Crippen LogP contribution in [0, 0.1) is 5.41 Å². The van der Waals surface area contributed by atoms with Crippen molar-refractivity contribution in [3.05, 3.63) is 59.7 Å². The molecule has 0 unspecified atom stereocenters. The highest BCUT2D eigenvalue weighted by Crippen LogP contribution is 2.17. The van der Waals surface area contributed by atoms with E-state index in [1.165, 1.54) is 19.2 Å². The minimum absolute atomic E-state index is 0.211. The summed E-state index contributed by atoms with van der Waals surface area (Å²) in [6.07, 6.45) is -3.27. The van der Waals surface area contributed by atoms with Crippen LogP contribution in [0.5, 0.6) is 11.5 Å². The second-order valence-electron chi connectivity index (χ2n) is 7.61. The van der Waals surface area contributed by atoms with Gasteiger partial charge in [-0.15, -0.1) is 0 Å². The number of ether oxygens (including phenoxy) is 3. The first-order valence-electron chi connectivity index (χ1n) is 9.52. The van der Waals surface area contributed by atoms with Gasteiger partial charge in [-0.1, -0.05) is 24.3 Å². The Morgan fingerprint density at radius 3 is 2.06 bits per heavy atom. The number of hydrogen-bond donors (Lipinski definition) is 3. The van der Waals surface area contributed by atoms with Crippen molar-refractivity contribution in [2.45, 2.75) is 32.9 Å². The number of nitrogens with zero attached hydrogens (tertiary/aromatic N) is 1. The van der Waals surface area contributed by atoms with Crippen LogP contribution in [0.2, 0.25) is 0 Å². The zero-order chi connectivity index (χ0) is 23.9. The second-order valence-corrected chi connectivity index (χ2v) is 7.61. The molecule has 0 aliphatic carbocycles. The summed E-state index contributed by atoms with van der Waals surface area (Å²) in [6.45, 7) is 4.68. The molecule has 0 aliphatic heterocycles. The minimum atomic E-state index is -1.45. The fraction of sp³-hybridized carbons (Fsp3) is 0.273. The molecule has 170 valence electrons. The summed E-state index contributed by atoms with van der Waals surface area (Å²) in [5.74, 6) is 0.679. The van der Waals surface area contributed by atoms with Gasteiger partial charge in [0.15, 0.2) is 0 Å². The third-order valence-electron chi connectivity index (χ3n) is 3.93. The van der Waals surface area contributed by atoms with Crippen LogP contribution in [-0.4, -0.2) is 46.8 Å². The van der Waals surface area contributed by atoms with Crippen LogP contribution in [0.25, 0.3) is 0 Å². The van der Waals surface area contributed by atoms with E-state index in [4.69, 9.17) is 19.6 Å². The molecule has 0 saturated carbocycles. The lowest BCUT2D eigenvalue weighted by Crippen LogP contribution is -2.39. The molecule has 10 nitrogen and oxygen atoms in total. The highest BCUT2D eigenvalue weighted by Gasteiger charge is 2.27. The van der Waals surface area contributed by atoms with E-state index in [2.05, 4.69) is 5.32 Å². The number of benzene rings is 2. The van der Waals surface area contributed by atoms with Crippen LogP contribution in [0.1, 0.15) is 31.9 Å². The fourth-order valence-electron chi connectivity index (χ4n) is 2.44. The Balaban J connectivity index is 1.97. The smallest absolute Gasteiger partial charge is 0.420 e. The number of rotatable bonds is 5. The topological polar surface area (TPSA) is 138 Å². The molecule has 10 heteroatoms. The van der Waals surface area contributed by atoms with Crippen molar-refractivity contribution in [1.82, 2.24) is 10.2 Å². The van der Waals surface area contributed by atoms with E-state index >= 15 is 0 Å². The van der Waals surface area contributed by atoms with Crippen molar-refractivity contribution in [3.63, 3.8) is 0 Å². The molecule has 2 rings (SSSR count). The van der Waals surface area contributed by atoms with E-state index in [1.807, 2.05) is 0 Å². The van der Waals surface area contributed by atoms with Gasteiger partial charge in [-0.3, -0.25) is 10.7 Å². The first kappa shape index (κ1) is 24.2. The highest BCUT2D eigenvalue weighted by atomic mass is 16.6. The van der Waals surface area contributed by atoms with Crippen molar-refractivity contribution in [1.29, 1.82) is 5.41 Å². The second kappa shape index (κ2) is 10.3. The Morgan fingerprint density at radius 1 is 1.00 bits per heavy atom. The predicted octanol–water partition coefficient (Wildman–Crippen LogP) is 4.22. The molecule has 0 heterocycles. The maximum absolute atomic E-state index is 12.1. The molecule has 0 spiro atoms. The Bertz CT molecular complexity index is 980. The van der Waals surface area contributed by atoms with Crippen molar-refractivity contribution in [2.75, 3.05) is 7.11 Å². The zero-order valence-corrected chi connectivity index (χ0v) is 18.2. The number of amidine groups is 1. The number of nitrogens with one attached hydrogen (secondary N) is 2. The van der Waals surface area contributed by atoms with Crippen molar-refractivity contribution in [2.24, 2.45) is 0 Å². The standard InChI is InChI=1S/C22H25N3O7/c1-22(2,3)32-21(29)25(20(27)28)13-14-5-7-15(8-6-14)18(23)24-19(26)31-17-11-9-16(30-4)10-12-17/h5-12H,13H2,1-4H3,(H,27,28)(H2,23,24,26). The first-order valence-corrected chi connectivity index (χ1v) is 9.52. The minimum Gasteiger partial charge on any atom is -0.497 e. The summed E-state index contributed by atoms with van der Waals surface area (Å²) in [6, 6.07) is 12.5. The van der Waals surface area contributed by atoms with Crippen molar-refractivity contribution in [3.8, 4) is 11.5 Å². The summed E-state index contributed by atoms with van der Waals surface area (Å²) < 4.78 is 15.2. The largest absolute Gasteiger partial charge is 0.497 e. The molecule has 0 aliphatic rings. The molecule has 32 heavy (non-hydrogen) atoms. The fourth-order valence-corrected chi connectivity index (χ4v) is 2.44. The average molecular weight is 443 g/mol. The molecule has 2 aromatic rings. The zero-order valence-electron chi connectivity index (χ0n) is 18.2. The predicted molar refractivity (Wildman–Crippen MR) is 115 cm³/mol. The number of hydrogen-bond acceptors (Lipinski definition) is 7. The third-order valence-corrected chi connectivity index (χ3v) is 3.93. The van der Waals surface area contributed by atoms with Gasteiger partial charge in [-0.05, 0) is 50.6 Å². The van der Waals surface area contributed by atoms with Crippen molar-refractivity contribution < 1.29 is 33.7 Å². The van der Waals surface area contributed by atoms with Gasteiger partial charge in [-0.25, -0.2) is 19.3 Å². The van der Waals surface area contributed by atoms with Crippen LogP contribution in [0.15, 0.2) is 48.5 Å². The molecule has 0 bridgehead atoms. The Kier molecular flexibility index (Phi) is 7.78. The summed E-state index contributed by atoms with van der Waals surface area (Å²) in [4.78, 5) is 36.1. The van der Waals surface area contributed by atoms with Gasteiger partial charge in [0, 0.05) is 5.56 Å². The molecular formula is C22H25N3O7. The monoisotopic (exact) mass is 443 g/mol. The number of carbonyl (C=O) groups is 3. The average Bonchev–Trinajstić information content (AvgIpc) is 2.71. The van der Waals surface area contributed by atoms with Gasteiger partial charge in [0.25, 0.3) is 0 Å². The summed E-state index contributed by atoms with van der Waals surface area (Å²) in [7, 11) is 1.52. The molecule has 0 atom stereocenters. The van der Waals surface area contributed by atoms with E-state index in [0.717, 1.165) is 0 Å². The molecule has 2 aromatic carbocycles. The van der Waals surface area contributed by atoms with Crippen LogP contribution in [0.4, 0.5) is 14.4 Å². The normalized spacial score (nSPS) is 10.6. The lowest BCUT2D eigenvalue weighted by Gasteiger charge is -2.24. The van der Waals surface area contributed by atoms with E-state index in [0.29, 0.717) is 21.8 Å². The number of carboxylic acid groups (broad SMARTS) is 1. The molecular weight excluding hydrogens is 418 g/mol. The van der Waals surface area contributed by atoms with E-state index in [1.54, 1.807) is 57.2 Å². The summed E-state index contributed by atoms with van der Waals surface area (Å²) >= 11 is 0. The van der Waals surface area contributed by atoms with Gasteiger partial charge in [0.1, 0.15) is 22.9 Å². The molecule has 0 saturated heterocycles. The maximum atomic E-state index is 12.1. The molecule has 0 radical (unpaired) electrons. The number of methoxy groups -OCH3 is 1. The molecule has 3 N–H and O–H groups in total. The Morgan fingerprint density at radius 2 is 1.56 bits per heavy atom. The third kappa shape index (κ3) is 7.31. The highest BCUT2D eigenvalue weighted by molar-refractivity contribution is 6.04. The van der Waals surface area contributed by atoms with Crippen LogP contribution < -0.4 is 14.8 Å². The summed E-state index contributed by atoms with van der Waals surface area (Å²) in [5.41, 5.74) is 0.0192. The molecule has 3 amide bonds. The number of imide groups is 1. The lowest BCUT2D eigenvalue weighted by molar-refractivity contribution is 0.0255. The van der Waals surface area contributed by atoms with Gasteiger partial charge in [-0.2, -0.15) is 0 Å². The van der Waals surface area contributed by atoms with E-state index in [-0.39, 0.29) is 18.1 Å². The van der Waals surface area contributed by atoms with Gasteiger partial charge in [0.05, 0.1) is 13.7 Å². The molecule has 0 aromatic heterocycles. The Labute approximate surface area is 185 Å². The van der Waals surface area contributed by atoms with Gasteiger partial charge >= 0.3 is 18.3 Å². The van der Waals surface area contributed by atoms with E-state index in [9.17, 15) is 19.5 Å². The quantitative estimate of drug-likeness (QED) is 0.464. The van der Waals surface area contributed by atoms with Crippen LogP contribution in [0.3, 0.4) is 0 Å².